The van der Waals surface area contributed by atoms with E-state index in [0.717, 1.165) is 30.6 Å². The fourth-order valence-corrected chi connectivity index (χ4v) is 4.94. The normalized spacial score (nSPS) is 18.0. The largest absolute Gasteiger partial charge is 0.494 e. The summed E-state index contributed by atoms with van der Waals surface area (Å²) in [6, 6.07) is 27.8. The third-order valence-electron chi connectivity index (χ3n) is 6.57. The molecule has 1 N–H and O–H groups in total. The fraction of sp³-hybridized carbons (Fsp3) is 0.355. The Bertz CT molecular complexity index is 1140. The van der Waals surface area contributed by atoms with Crippen molar-refractivity contribution in [2.75, 3.05) is 20.2 Å². The predicted molar refractivity (Wildman–Crippen MR) is 151 cm³/mol. The Balaban J connectivity index is 1.71. The molecule has 1 saturated heterocycles. The summed E-state index contributed by atoms with van der Waals surface area (Å²) >= 11 is 0. The van der Waals surface area contributed by atoms with Crippen LogP contribution in [0.25, 0.3) is 11.1 Å². The van der Waals surface area contributed by atoms with Crippen LogP contribution < -0.4 is 15.5 Å². The lowest BCUT2D eigenvalue weighted by atomic mass is 9.74. The van der Waals surface area contributed by atoms with E-state index in [-0.39, 0.29) is 18.8 Å². The van der Waals surface area contributed by atoms with Crippen molar-refractivity contribution in [3.8, 4) is 5.75 Å². The first-order chi connectivity index (χ1) is 17.4. The third kappa shape index (κ3) is 6.47. The van der Waals surface area contributed by atoms with Gasteiger partial charge in [-0.1, -0.05) is 73.7 Å². The molecule has 1 aliphatic rings. The first kappa shape index (κ1) is 26.2. The maximum absolute atomic E-state index is 6.25. The Morgan fingerprint density at radius 3 is 2.17 bits per heavy atom. The lowest BCUT2D eigenvalue weighted by molar-refractivity contribution is -0.0229. The molecule has 4 nitrogen and oxygen atoms in total. The van der Waals surface area contributed by atoms with E-state index in [2.05, 4.69) is 112 Å². The van der Waals surface area contributed by atoms with Crippen molar-refractivity contribution in [1.82, 2.24) is 5.32 Å². The van der Waals surface area contributed by atoms with Gasteiger partial charge in [-0.2, -0.15) is 0 Å². The first-order valence-corrected chi connectivity index (χ1v) is 13.0. The minimum absolute atomic E-state index is 0.160. The molecular weight excluding hydrogens is 445 g/mol. The molecule has 1 unspecified atom stereocenters. The molecule has 1 fully saturated rings. The zero-order valence-corrected chi connectivity index (χ0v) is 22.2. The van der Waals surface area contributed by atoms with E-state index in [9.17, 15) is 0 Å². The highest BCUT2D eigenvalue weighted by Gasteiger charge is 2.38. The van der Waals surface area contributed by atoms with Gasteiger partial charge in [-0.15, -0.1) is 0 Å². The quantitative estimate of drug-likeness (QED) is 0.232. The summed E-state index contributed by atoms with van der Waals surface area (Å²) in [6.45, 7) is 10.1. The highest BCUT2D eigenvalue weighted by atomic mass is 16.6. The summed E-state index contributed by atoms with van der Waals surface area (Å²) in [4.78, 5) is 0. The molecule has 5 heteroatoms. The molecule has 0 bridgehead atoms. The van der Waals surface area contributed by atoms with Crippen LogP contribution in [0.15, 0.2) is 78.9 Å². The molecule has 1 atom stereocenters. The van der Waals surface area contributed by atoms with E-state index in [1.807, 2.05) is 7.05 Å². The van der Waals surface area contributed by atoms with Crippen LogP contribution in [0.4, 0.5) is 0 Å². The standard InChI is InChI=1S/C31H38BNO3/c1-6-29(24-10-8-7-9-11-24)30(26-14-18-28(19-15-26)34-21-20-33-5)25-12-16-27(17-13-25)32-35-23(2)22-31(3,4)36-32/h7-19,23,33H,6,20-22H2,1-5H3/b30-29-. The van der Waals surface area contributed by atoms with Gasteiger partial charge in [-0.25, -0.2) is 0 Å². The van der Waals surface area contributed by atoms with Gasteiger partial charge in [0, 0.05) is 12.6 Å². The summed E-state index contributed by atoms with van der Waals surface area (Å²) in [6.07, 6.45) is 1.97. The number of rotatable bonds is 9. The lowest BCUT2D eigenvalue weighted by Gasteiger charge is -2.38. The van der Waals surface area contributed by atoms with Crippen LogP contribution in [0, 0.1) is 0 Å². The molecule has 36 heavy (non-hydrogen) atoms. The predicted octanol–water partition coefficient (Wildman–Crippen LogP) is 5.95. The van der Waals surface area contributed by atoms with Crippen LogP contribution in [0.5, 0.6) is 5.75 Å². The number of hydrogen-bond acceptors (Lipinski definition) is 4. The molecule has 3 aromatic carbocycles. The highest BCUT2D eigenvalue weighted by molar-refractivity contribution is 6.61. The van der Waals surface area contributed by atoms with Crippen molar-refractivity contribution in [2.45, 2.75) is 52.2 Å². The second-order valence-electron chi connectivity index (χ2n) is 10.0. The Hall–Kier alpha value is -2.86. The second-order valence-corrected chi connectivity index (χ2v) is 10.0. The number of nitrogens with one attached hydrogen (secondary N) is 1. The van der Waals surface area contributed by atoms with Crippen molar-refractivity contribution in [1.29, 1.82) is 0 Å². The molecule has 0 saturated carbocycles. The molecule has 1 aliphatic heterocycles. The van der Waals surface area contributed by atoms with E-state index in [4.69, 9.17) is 14.0 Å². The smallest absolute Gasteiger partial charge is 0.492 e. The monoisotopic (exact) mass is 483 g/mol. The lowest BCUT2D eigenvalue weighted by Crippen LogP contribution is -2.51. The van der Waals surface area contributed by atoms with E-state index in [0.29, 0.717) is 6.61 Å². The van der Waals surface area contributed by atoms with Gasteiger partial charge in [0.2, 0.25) is 0 Å². The van der Waals surface area contributed by atoms with Gasteiger partial charge >= 0.3 is 7.12 Å². The Labute approximate surface area is 216 Å². The Kier molecular flexibility index (Phi) is 8.68. The summed E-state index contributed by atoms with van der Waals surface area (Å²) in [5, 5.41) is 3.11. The zero-order valence-electron chi connectivity index (χ0n) is 22.2. The average molecular weight is 483 g/mol. The summed E-state index contributed by atoms with van der Waals surface area (Å²) < 4.78 is 18.2. The van der Waals surface area contributed by atoms with Crippen LogP contribution in [-0.2, 0) is 9.31 Å². The molecular formula is C31H38BNO3. The minimum atomic E-state index is -0.348. The number of hydrogen-bond donors (Lipinski definition) is 1. The topological polar surface area (TPSA) is 39.7 Å². The number of allylic oxidation sites excluding steroid dienone is 1. The van der Waals surface area contributed by atoms with Crippen molar-refractivity contribution < 1.29 is 14.0 Å². The van der Waals surface area contributed by atoms with E-state index in [1.165, 1.54) is 27.8 Å². The van der Waals surface area contributed by atoms with Gasteiger partial charge in [0.25, 0.3) is 0 Å². The molecule has 0 spiro atoms. The number of likely N-dealkylation sites (N-methyl/N-ethyl adjacent to an activating group) is 1. The van der Waals surface area contributed by atoms with Gasteiger partial charge < -0.3 is 19.4 Å². The molecule has 0 aliphatic carbocycles. The van der Waals surface area contributed by atoms with Gasteiger partial charge in [0.1, 0.15) is 12.4 Å². The van der Waals surface area contributed by atoms with Crippen LogP contribution in [0.1, 0.15) is 57.2 Å². The summed E-state index contributed by atoms with van der Waals surface area (Å²) in [7, 11) is 1.58. The summed E-state index contributed by atoms with van der Waals surface area (Å²) in [5.41, 5.74) is 6.97. The Morgan fingerprint density at radius 1 is 0.944 bits per heavy atom. The van der Waals surface area contributed by atoms with Crippen LogP contribution in [0.2, 0.25) is 0 Å². The number of ether oxygens (including phenoxy) is 1. The van der Waals surface area contributed by atoms with Crippen molar-refractivity contribution in [3.05, 3.63) is 95.6 Å². The van der Waals surface area contributed by atoms with Crippen LogP contribution in [0.3, 0.4) is 0 Å². The molecule has 0 amide bonds. The van der Waals surface area contributed by atoms with Crippen LogP contribution in [-0.4, -0.2) is 39.0 Å². The molecule has 188 valence electrons. The maximum Gasteiger partial charge on any atom is 0.494 e. The van der Waals surface area contributed by atoms with Gasteiger partial charge in [0.15, 0.2) is 0 Å². The fourth-order valence-electron chi connectivity index (χ4n) is 4.94. The van der Waals surface area contributed by atoms with Gasteiger partial charge in [0.05, 0.1) is 5.60 Å². The SMILES string of the molecule is CC/C(=C(/c1ccc(OCCNC)cc1)c1ccc(B2OC(C)CC(C)(C)O2)cc1)c1ccccc1. The highest BCUT2D eigenvalue weighted by Crippen LogP contribution is 2.35. The maximum atomic E-state index is 6.25. The molecule has 0 aromatic heterocycles. The van der Waals surface area contributed by atoms with E-state index < -0.39 is 0 Å². The third-order valence-corrected chi connectivity index (χ3v) is 6.57. The second kappa shape index (κ2) is 11.9. The van der Waals surface area contributed by atoms with Crippen molar-refractivity contribution in [2.24, 2.45) is 0 Å². The summed E-state index contributed by atoms with van der Waals surface area (Å²) in [5.74, 6) is 0.879. The molecule has 4 rings (SSSR count). The Morgan fingerprint density at radius 2 is 1.58 bits per heavy atom. The van der Waals surface area contributed by atoms with Crippen LogP contribution >= 0.6 is 0 Å². The van der Waals surface area contributed by atoms with Gasteiger partial charge in [-0.3, -0.25) is 0 Å². The van der Waals surface area contributed by atoms with Gasteiger partial charge in [-0.05, 0) is 86.1 Å². The first-order valence-electron chi connectivity index (χ1n) is 13.0. The number of benzene rings is 3. The van der Waals surface area contributed by atoms with E-state index in [1.54, 1.807) is 0 Å². The molecule has 0 radical (unpaired) electrons. The van der Waals surface area contributed by atoms with E-state index >= 15 is 0 Å². The molecule has 3 aromatic rings. The minimum Gasteiger partial charge on any atom is -0.492 e. The zero-order chi connectivity index (χ0) is 25.5. The average Bonchev–Trinajstić information content (AvgIpc) is 2.87. The molecule has 1 heterocycles. The van der Waals surface area contributed by atoms with Crippen molar-refractivity contribution >= 4 is 23.7 Å². The van der Waals surface area contributed by atoms with Crippen molar-refractivity contribution in [3.63, 3.8) is 0 Å².